The zero-order chi connectivity index (χ0) is 16.8. The van der Waals surface area contributed by atoms with E-state index in [4.69, 9.17) is 4.74 Å². The smallest absolute Gasteiger partial charge is 0.255 e. The molecule has 1 N–H and O–H groups in total. The van der Waals surface area contributed by atoms with Gasteiger partial charge in [0.15, 0.2) is 11.6 Å². The average Bonchev–Trinajstić information content (AvgIpc) is 2.98. The minimum atomic E-state index is -0.532. The molecule has 0 radical (unpaired) electrons. The molecule has 0 atom stereocenters. The second-order valence-corrected chi connectivity index (χ2v) is 5.44. The molecule has 0 bridgehead atoms. The summed E-state index contributed by atoms with van der Waals surface area (Å²) < 4.78 is 20.8. The number of amides is 1. The van der Waals surface area contributed by atoms with Gasteiger partial charge >= 0.3 is 0 Å². The third-order valence-electron chi connectivity index (χ3n) is 3.36. The predicted octanol–water partition coefficient (Wildman–Crippen LogP) is 2.97. The molecule has 1 aromatic heterocycles. The van der Waals surface area contributed by atoms with Gasteiger partial charge in [0.25, 0.3) is 5.91 Å². The lowest BCUT2D eigenvalue weighted by atomic mass is 10.1. The summed E-state index contributed by atoms with van der Waals surface area (Å²) in [4.78, 5) is 12.2. The van der Waals surface area contributed by atoms with E-state index < -0.39 is 5.82 Å². The molecule has 0 fully saturated rings. The molecule has 0 aliphatic rings. The van der Waals surface area contributed by atoms with Crippen LogP contribution in [0.15, 0.2) is 30.5 Å². The molecule has 1 amide bonds. The first-order chi connectivity index (χ1) is 11.0. The number of para-hydroxylation sites is 1. The summed E-state index contributed by atoms with van der Waals surface area (Å²) in [6.07, 6.45) is 2.53. The van der Waals surface area contributed by atoms with E-state index in [1.165, 1.54) is 12.1 Å². The molecule has 1 aromatic carbocycles. The van der Waals surface area contributed by atoms with Gasteiger partial charge < -0.3 is 10.1 Å². The lowest BCUT2D eigenvalue weighted by Gasteiger charge is -2.11. The zero-order valence-electron chi connectivity index (χ0n) is 13.7. The van der Waals surface area contributed by atoms with Gasteiger partial charge in [-0.25, -0.2) is 4.39 Å². The summed E-state index contributed by atoms with van der Waals surface area (Å²) >= 11 is 0. The second kappa shape index (κ2) is 7.76. The zero-order valence-corrected chi connectivity index (χ0v) is 13.7. The Hall–Kier alpha value is -2.37. The highest BCUT2D eigenvalue weighted by atomic mass is 19.1. The van der Waals surface area contributed by atoms with Crippen LogP contribution >= 0.6 is 0 Å². The van der Waals surface area contributed by atoms with Crippen molar-refractivity contribution in [3.05, 3.63) is 47.5 Å². The van der Waals surface area contributed by atoms with E-state index in [0.29, 0.717) is 25.6 Å². The fourth-order valence-electron chi connectivity index (χ4n) is 2.18. The van der Waals surface area contributed by atoms with Gasteiger partial charge in [0.1, 0.15) is 0 Å². The van der Waals surface area contributed by atoms with E-state index in [9.17, 15) is 9.18 Å². The number of nitrogens with zero attached hydrogens (tertiary/aromatic N) is 2. The number of ether oxygens (including phenoxy) is 1. The van der Waals surface area contributed by atoms with Gasteiger partial charge in [-0.2, -0.15) is 5.10 Å². The molecule has 2 aromatic rings. The number of rotatable bonds is 7. The van der Waals surface area contributed by atoms with Crippen molar-refractivity contribution in [1.29, 1.82) is 0 Å². The number of carbonyl (C=O) groups excluding carboxylic acids is 1. The van der Waals surface area contributed by atoms with Crippen LogP contribution in [0.3, 0.4) is 0 Å². The molecule has 2 rings (SSSR count). The molecule has 1 heterocycles. The largest absolute Gasteiger partial charge is 0.490 e. The first-order valence-corrected chi connectivity index (χ1v) is 7.76. The van der Waals surface area contributed by atoms with Gasteiger partial charge in [-0.15, -0.1) is 0 Å². The Morgan fingerprint density at radius 1 is 1.39 bits per heavy atom. The highest BCUT2D eigenvalue weighted by molar-refractivity contribution is 5.96. The lowest BCUT2D eigenvalue weighted by Crippen LogP contribution is -2.26. The maximum atomic E-state index is 13.7. The Kier molecular flexibility index (Phi) is 5.73. The highest BCUT2D eigenvalue weighted by Gasteiger charge is 2.16. The van der Waals surface area contributed by atoms with Crippen LogP contribution in [0.5, 0.6) is 5.75 Å². The van der Waals surface area contributed by atoms with E-state index in [-0.39, 0.29) is 17.2 Å². The quantitative estimate of drug-likeness (QED) is 0.853. The van der Waals surface area contributed by atoms with Crippen LogP contribution in [-0.4, -0.2) is 28.8 Å². The van der Waals surface area contributed by atoms with Crippen molar-refractivity contribution >= 4 is 5.91 Å². The summed E-state index contributed by atoms with van der Waals surface area (Å²) in [6, 6.07) is 6.56. The van der Waals surface area contributed by atoms with E-state index in [0.717, 1.165) is 5.69 Å². The van der Waals surface area contributed by atoms with Crippen LogP contribution in [0.4, 0.5) is 4.39 Å². The average molecular weight is 319 g/mol. The Bertz CT molecular complexity index is 668. The molecule has 0 saturated carbocycles. The van der Waals surface area contributed by atoms with Crippen molar-refractivity contribution in [2.24, 2.45) is 0 Å². The normalized spacial score (nSPS) is 10.8. The minimum Gasteiger partial charge on any atom is -0.490 e. The third kappa shape index (κ3) is 4.31. The molecule has 124 valence electrons. The fourth-order valence-corrected chi connectivity index (χ4v) is 2.18. The monoisotopic (exact) mass is 319 g/mol. The van der Waals surface area contributed by atoms with Crippen molar-refractivity contribution in [2.45, 2.75) is 33.2 Å². The molecule has 0 unspecified atom stereocenters. The summed E-state index contributed by atoms with van der Waals surface area (Å²) in [5.41, 5.74) is 1.11. The molecule has 0 aliphatic heterocycles. The van der Waals surface area contributed by atoms with E-state index in [1.807, 2.05) is 16.9 Å². The predicted molar refractivity (Wildman–Crippen MR) is 86.2 cm³/mol. The van der Waals surface area contributed by atoms with Gasteiger partial charge in [-0.1, -0.05) is 6.07 Å². The molecule has 0 aliphatic carbocycles. The van der Waals surface area contributed by atoms with Gasteiger partial charge in [0.05, 0.1) is 17.9 Å². The molecule has 5 nitrogen and oxygen atoms in total. The number of nitrogens with one attached hydrogen (secondary N) is 1. The van der Waals surface area contributed by atoms with Crippen LogP contribution in [0.1, 0.15) is 42.9 Å². The van der Waals surface area contributed by atoms with E-state index in [2.05, 4.69) is 24.3 Å². The van der Waals surface area contributed by atoms with Crippen LogP contribution in [0, 0.1) is 5.82 Å². The molecular weight excluding hydrogens is 297 g/mol. The molecule has 0 spiro atoms. The van der Waals surface area contributed by atoms with Gasteiger partial charge in [0, 0.05) is 25.2 Å². The number of halogens is 1. The van der Waals surface area contributed by atoms with E-state index in [1.54, 1.807) is 13.0 Å². The molecule has 6 heteroatoms. The van der Waals surface area contributed by atoms with Gasteiger partial charge in [0.2, 0.25) is 0 Å². The first-order valence-electron chi connectivity index (χ1n) is 7.76. The first kappa shape index (κ1) is 17.0. The SMILES string of the molecule is CCOc1c(F)cccc1C(=O)NCCc1ccn(C(C)C)n1. The topological polar surface area (TPSA) is 56.1 Å². The fraction of sp³-hybridized carbons (Fsp3) is 0.412. The number of carbonyl (C=O) groups is 1. The van der Waals surface area contributed by atoms with Crippen molar-refractivity contribution in [3.63, 3.8) is 0 Å². The number of hydrogen-bond donors (Lipinski definition) is 1. The van der Waals surface area contributed by atoms with Crippen LogP contribution in [0.2, 0.25) is 0 Å². The summed E-state index contributed by atoms with van der Waals surface area (Å²) in [5, 5.41) is 7.20. The molecular formula is C17H22FN3O2. The lowest BCUT2D eigenvalue weighted by molar-refractivity contribution is 0.0949. The summed E-state index contributed by atoms with van der Waals surface area (Å²) in [7, 11) is 0. The standard InChI is InChI=1S/C17H22FN3O2/c1-4-23-16-14(6-5-7-15(16)18)17(22)19-10-8-13-9-11-21(20-13)12(2)3/h5-7,9,11-12H,4,8,10H2,1-3H3,(H,19,22). The van der Waals surface area contributed by atoms with Crippen molar-refractivity contribution in [1.82, 2.24) is 15.1 Å². The van der Waals surface area contributed by atoms with Crippen LogP contribution in [-0.2, 0) is 6.42 Å². The third-order valence-corrected chi connectivity index (χ3v) is 3.36. The minimum absolute atomic E-state index is 0.00316. The Morgan fingerprint density at radius 2 is 2.17 bits per heavy atom. The van der Waals surface area contributed by atoms with E-state index >= 15 is 0 Å². The maximum absolute atomic E-state index is 13.7. The number of hydrogen-bond acceptors (Lipinski definition) is 3. The van der Waals surface area contributed by atoms with Crippen molar-refractivity contribution in [2.75, 3.05) is 13.2 Å². The maximum Gasteiger partial charge on any atom is 0.255 e. The highest BCUT2D eigenvalue weighted by Crippen LogP contribution is 2.22. The Morgan fingerprint density at radius 3 is 2.83 bits per heavy atom. The number of benzene rings is 1. The summed E-state index contributed by atoms with van der Waals surface area (Å²) in [6.45, 7) is 6.58. The van der Waals surface area contributed by atoms with Crippen LogP contribution in [0.25, 0.3) is 0 Å². The second-order valence-electron chi connectivity index (χ2n) is 5.44. The number of aromatic nitrogens is 2. The summed E-state index contributed by atoms with van der Waals surface area (Å²) in [5.74, 6) is -0.886. The molecule has 0 saturated heterocycles. The molecule has 23 heavy (non-hydrogen) atoms. The van der Waals surface area contributed by atoms with Crippen molar-refractivity contribution in [3.8, 4) is 5.75 Å². The Labute approximate surface area is 135 Å². The van der Waals surface area contributed by atoms with Gasteiger partial charge in [-0.05, 0) is 39.0 Å². The van der Waals surface area contributed by atoms with Crippen LogP contribution < -0.4 is 10.1 Å². The van der Waals surface area contributed by atoms with Gasteiger partial charge in [-0.3, -0.25) is 9.48 Å². The Balaban J connectivity index is 1.95. The van der Waals surface area contributed by atoms with Crippen molar-refractivity contribution < 1.29 is 13.9 Å².